The second kappa shape index (κ2) is 10.6. The SMILES string of the molecule is CCNC(=O)NC(=O)COC(=O)C(NS(=O)(=O)c1ccc(Cl)c(Cl)c1)C(C)O. The summed E-state index contributed by atoms with van der Waals surface area (Å²) in [7, 11) is -4.27. The van der Waals surface area contributed by atoms with E-state index in [1.807, 2.05) is 10.0 Å². The first-order valence-electron chi connectivity index (χ1n) is 7.87. The largest absolute Gasteiger partial charge is 0.454 e. The topological polar surface area (TPSA) is 151 Å². The average molecular weight is 456 g/mol. The van der Waals surface area contributed by atoms with Crippen molar-refractivity contribution in [2.24, 2.45) is 0 Å². The average Bonchev–Trinajstić information content (AvgIpc) is 2.59. The maximum atomic E-state index is 12.4. The molecule has 28 heavy (non-hydrogen) atoms. The first-order chi connectivity index (χ1) is 13.0. The molecule has 0 heterocycles. The number of nitrogens with one attached hydrogen (secondary N) is 3. The maximum absolute atomic E-state index is 12.4. The molecule has 2 unspecified atom stereocenters. The van der Waals surface area contributed by atoms with Gasteiger partial charge < -0.3 is 15.2 Å². The number of halogens is 2. The van der Waals surface area contributed by atoms with Crippen molar-refractivity contribution in [2.45, 2.75) is 30.9 Å². The fourth-order valence-electron chi connectivity index (χ4n) is 1.82. The van der Waals surface area contributed by atoms with Crippen LogP contribution in [0.3, 0.4) is 0 Å². The van der Waals surface area contributed by atoms with Crippen LogP contribution in [0.15, 0.2) is 23.1 Å². The standard InChI is InChI=1S/C15H19Cl2N3O7S/c1-3-18-15(24)19-12(22)7-27-14(23)13(8(2)21)20-28(25,26)9-4-5-10(16)11(17)6-9/h4-6,8,13,20-21H,3,7H2,1-2H3,(H2,18,19,22,24). The number of amides is 3. The molecule has 3 amide bonds. The summed E-state index contributed by atoms with van der Waals surface area (Å²) in [5, 5.41) is 14.0. The molecule has 4 N–H and O–H groups in total. The Hall–Kier alpha value is -1.92. The number of aliphatic hydroxyl groups is 1. The number of esters is 1. The monoisotopic (exact) mass is 455 g/mol. The van der Waals surface area contributed by atoms with Gasteiger partial charge in [-0.3, -0.25) is 14.9 Å². The van der Waals surface area contributed by atoms with E-state index in [4.69, 9.17) is 23.2 Å². The second-order valence-corrected chi connectivity index (χ2v) is 7.96. The minimum Gasteiger partial charge on any atom is -0.454 e. The van der Waals surface area contributed by atoms with Crippen LogP contribution in [-0.2, 0) is 24.3 Å². The van der Waals surface area contributed by atoms with Gasteiger partial charge in [-0.05, 0) is 32.0 Å². The molecule has 1 aromatic rings. The molecule has 156 valence electrons. The van der Waals surface area contributed by atoms with E-state index in [2.05, 4.69) is 10.1 Å². The van der Waals surface area contributed by atoms with Crippen LogP contribution in [0.2, 0.25) is 10.0 Å². The lowest BCUT2D eigenvalue weighted by molar-refractivity contribution is -0.152. The molecule has 0 aliphatic carbocycles. The van der Waals surface area contributed by atoms with Gasteiger partial charge in [0.1, 0.15) is 6.04 Å². The van der Waals surface area contributed by atoms with Gasteiger partial charge in [-0.15, -0.1) is 0 Å². The number of carbonyl (C=O) groups excluding carboxylic acids is 3. The third kappa shape index (κ3) is 7.24. The molecule has 10 nitrogen and oxygen atoms in total. The summed E-state index contributed by atoms with van der Waals surface area (Å²) in [4.78, 5) is 34.5. The van der Waals surface area contributed by atoms with Crippen LogP contribution in [-0.4, -0.2) is 56.7 Å². The predicted octanol–water partition coefficient (Wildman–Crippen LogP) is 0.410. The third-order valence-corrected chi connectivity index (χ3v) is 5.33. The van der Waals surface area contributed by atoms with E-state index in [9.17, 15) is 27.9 Å². The normalized spacial score (nSPS) is 13.3. The Morgan fingerprint density at radius 1 is 1.21 bits per heavy atom. The Bertz CT molecular complexity index is 846. The minimum atomic E-state index is -4.27. The van der Waals surface area contributed by atoms with E-state index in [0.717, 1.165) is 19.1 Å². The number of rotatable bonds is 8. The molecule has 0 aliphatic rings. The van der Waals surface area contributed by atoms with Crippen LogP contribution in [0.25, 0.3) is 0 Å². The van der Waals surface area contributed by atoms with Gasteiger partial charge in [-0.2, -0.15) is 4.72 Å². The molecule has 13 heteroatoms. The number of sulfonamides is 1. The lowest BCUT2D eigenvalue weighted by Gasteiger charge is -2.20. The van der Waals surface area contributed by atoms with Crippen molar-refractivity contribution >= 4 is 51.1 Å². The van der Waals surface area contributed by atoms with E-state index in [1.54, 1.807) is 6.92 Å². The van der Waals surface area contributed by atoms with Crippen molar-refractivity contribution in [2.75, 3.05) is 13.2 Å². The number of ether oxygens (including phenoxy) is 1. The van der Waals surface area contributed by atoms with Crippen molar-refractivity contribution in [1.29, 1.82) is 0 Å². The number of hydrogen-bond acceptors (Lipinski definition) is 7. The number of carbonyl (C=O) groups is 3. The van der Waals surface area contributed by atoms with Crippen LogP contribution in [0.5, 0.6) is 0 Å². The van der Waals surface area contributed by atoms with Crippen molar-refractivity contribution in [3.63, 3.8) is 0 Å². The Morgan fingerprint density at radius 3 is 2.39 bits per heavy atom. The summed E-state index contributed by atoms with van der Waals surface area (Å²) >= 11 is 11.5. The molecular weight excluding hydrogens is 437 g/mol. The van der Waals surface area contributed by atoms with Crippen LogP contribution in [0, 0.1) is 0 Å². The van der Waals surface area contributed by atoms with Crippen LogP contribution in [0.4, 0.5) is 4.79 Å². The second-order valence-electron chi connectivity index (χ2n) is 5.43. The summed E-state index contributed by atoms with van der Waals surface area (Å²) in [6, 6.07) is 0.976. The number of hydrogen-bond donors (Lipinski definition) is 4. The number of aliphatic hydroxyl groups excluding tert-OH is 1. The molecule has 0 bridgehead atoms. The molecule has 1 aromatic carbocycles. The van der Waals surface area contributed by atoms with E-state index in [1.165, 1.54) is 6.07 Å². The lowest BCUT2D eigenvalue weighted by atomic mass is 10.2. The van der Waals surface area contributed by atoms with Crippen molar-refractivity contribution in [3.8, 4) is 0 Å². The van der Waals surface area contributed by atoms with Crippen LogP contribution in [0.1, 0.15) is 13.8 Å². The van der Waals surface area contributed by atoms with E-state index in [-0.39, 0.29) is 21.5 Å². The fourth-order valence-corrected chi connectivity index (χ4v) is 3.46. The van der Waals surface area contributed by atoms with Gasteiger partial charge in [-0.1, -0.05) is 23.2 Å². The van der Waals surface area contributed by atoms with E-state index in [0.29, 0.717) is 0 Å². The zero-order valence-corrected chi connectivity index (χ0v) is 17.2. The summed E-state index contributed by atoms with van der Waals surface area (Å²) in [6.45, 7) is 2.21. The lowest BCUT2D eigenvalue weighted by Crippen LogP contribution is -2.49. The quantitative estimate of drug-likeness (QED) is 0.414. The Labute approximate surface area is 171 Å². The number of imide groups is 1. The molecular formula is C15H19Cl2N3O7S. The molecule has 0 saturated heterocycles. The first kappa shape index (κ1) is 24.1. The molecule has 2 atom stereocenters. The van der Waals surface area contributed by atoms with Gasteiger partial charge in [0, 0.05) is 6.54 Å². The third-order valence-electron chi connectivity index (χ3n) is 3.16. The smallest absolute Gasteiger partial charge is 0.327 e. The molecule has 0 radical (unpaired) electrons. The summed E-state index contributed by atoms with van der Waals surface area (Å²) < 4.78 is 31.5. The van der Waals surface area contributed by atoms with E-state index >= 15 is 0 Å². The van der Waals surface area contributed by atoms with E-state index < -0.39 is 46.7 Å². The highest BCUT2D eigenvalue weighted by Gasteiger charge is 2.31. The van der Waals surface area contributed by atoms with Crippen molar-refractivity contribution in [3.05, 3.63) is 28.2 Å². The molecule has 0 aromatic heterocycles. The van der Waals surface area contributed by atoms with Crippen LogP contribution >= 0.6 is 23.2 Å². The zero-order chi connectivity index (χ0) is 21.5. The zero-order valence-electron chi connectivity index (χ0n) is 14.9. The highest BCUT2D eigenvalue weighted by Crippen LogP contribution is 2.25. The fraction of sp³-hybridized carbons (Fsp3) is 0.400. The minimum absolute atomic E-state index is 0.0252. The van der Waals surface area contributed by atoms with Gasteiger partial charge >= 0.3 is 12.0 Å². The number of urea groups is 1. The van der Waals surface area contributed by atoms with Gasteiger partial charge in [-0.25, -0.2) is 13.2 Å². The number of benzene rings is 1. The molecule has 0 fully saturated rings. The van der Waals surface area contributed by atoms with Gasteiger partial charge in [0.25, 0.3) is 5.91 Å². The molecule has 1 rings (SSSR count). The van der Waals surface area contributed by atoms with Crippen LogP contribution < -0.4 is 15.4 Å². The van der Waals surface area contributed by atoms with Gasteiger partial charge in [0.2, 0.25) is 10.0 Å². The molecule has 0 aliphatic heterocycles. The Morgan fingerprint density at radius 2 is 1.86 bits per heavy atom. The van der Waals surface area contributed by atoms with Gasteiger partial charge in [0.05, 0.1) is 21.0 Å². The van der Waals surface area contributed by atoms with Crippen molar-refractivity contribution in [1.82, 2.24) is 15.4 Å². The summed E-state index contributed by atoms with van der Waals surface area (Å²) in [6.07, 6.45) is -1.49. The molecule has 0 saturated carbocycles. The Kier molecular flexibility index (Phi) is 9.11. The molecule has 0 spiro atoms. The van der Waals surface area contributed by atoms with Gasteiger partial charge in [0.15, 0.2) is 6.61 Å². The highest BCUT2D eigenvalue weighted by atomic mass is 35.5. The Balaban J connectivity index is 2.81. The maximum Gasteiger partial charge on any atom is 0.327 e. The highest BCUT2D eigenvalue weighted by molar-refractivity contribution is 7.89. The summed E-state index contributed by atoms with van der Waals surface area (Å²) in [5.41, 5.74) is 0. The summed E-state index contributed by atoms with van der Waals surface area (Å²) in [5.74, 6) is -2.15. The predicted molar refractivity (Wildman–Crippen MR) is 100 cm³/mol. The first-order valence-corrected chi connectivity index (χ1v) is 10.1. The van der Waals surface area contributed by atoms with Crippen molar-refractivity contribution < 1.29 is 32.6 Å².